The highest BCUT2D eigenvalue weighted by molar-refractivity contribution is 7.16. The van der Waals surface area contributed by atoms with Crippen LogP contribution < -0.4 is 10.6 Å². The van der Waals surface area contributed by atoms with Crippen LogP contribution >= 0.6 is 22.9 Å². The number of thiophene rings is 1. The zero-order valence-electron chi connectivity index (χ0n) is 14.4. The van der Waals surface area contributed by atoms with Crippen molar-refractivity contribution >= 4 is 28.9 Å². The van der Waals surface area contributed by atoms with Gasteiger partial charge in [-0.05, 0) is 31.9 Å². The molecule has 0 aromatic carbocycles. The summed E-state index contributed by atoms with van der Waals surface area (Å²) < 4.78 is 11.0. The molecule has 0 aliphatic carbocycles. The number of nitrogens with one attached hydrogen (secondary N) is 2. The molecule has 0 radical (unpaired) electrons. The Morgan fingerprint density at radius 2 is 2.12 bits per heavy atom. The van der Waals surface area contributed by atoms with Gasteiger partial charge in [0.05, 0.1) is 24.1 Å². The molecule has 1 aromatic heterocycles. The SMILES string of the molecule is CCNC(=NCC(O)c1ccc(Cl)s1)NCCCCOCCOC. The van der Waals surface area contributed by atoms with Crippen molar-refractivity contribution in [1.82, 2.24) is 10.6 Å². The van der Waals surface area contributed by atoms with E-state index >= 15 is 0 Å². The van der Waals surface area contributed by atoms with Crippen LogP contribution in [0, 0.1) is 0 Å². The van der Waals surface area contributed by atoms with Gasteiger partial charge in [-0.1, -0.05) is 11.6 Å². The van der Waals surface area contributed by atoms with Crippen LogP contribution in [0.5, 0.6) is 0 Å². The second-order valence-corrected chi connectivity index (χ2v) is 6.86. The van der Waals surface area contributed by atoms with Gasteiger partial charge in [0, 0.05) is 31.7 Å². The number of aliphatic hydroxyl groups excluding tert-OH is 1. The van der Waals surface area contributed by atoms with Crippen molar-refractivity contribution in [1.29, 1.82) is 0 Å². The zero-order chi connectivity index (χ0) is 17.6. The van der Waals surface area contributed by atoms with Crippen molar-refractivity contribution < 1.29 is 14.6 Å². The number of aliphatic hydroxyl groups is 1. The molecule has 0 aliphatic heterocycles. The van der Waals surface area contributed by atoms with E-state index in [0.29, 0.717) is 30.1 Å². The number of rotatable bonds is 12. The number of unbranched alkanes of at least 4 members (excludes halogenated alkanes) is 1. The Labute approximate surface area is 153 Å². The lowest BCUT2D eigenvalue weighted by atomic mass is 10.3. The van der Waals surface area contributed by atoms with Crippen molar-refractivity contribution in [3.63, 3.8) is 0 Å². The average Bonchev–Trinajstić information content (AvgIpc) is 3.01. The molecule has 3 N–H and O–H groups in total. The molecule has 0 saturated carbocycles. The van der Waals surface area contributed by atoms with Crippen molar-refractivity contribution in [3.8, 4) is 0 Å². The van der Waals surface area contributed by atoms with Crippen LogP contribution in [0.1, 0.15) is 30.7 Å². The first kappa shape index (κ1) is 21.2. The predicted octanol–water partition coefficient (Wildman–Crippen LogP) is 2.43. The van der Waals surface area contributed by atoms with Gasteiger partial charge in [0.15, 0.2) is 5.96 Å². The Morgan fingerprint density at radius 3 is 2.79 bits per heavy atom. The molecule has 24 heavy (non-hydrogen) atoms. The highest BCUT2D eigenvalue weighted by Gasteiger charge is 2.10. The van der Waals surface area contributed by atoms with Gasteiger partial charge < -0.3 is 25.2 Å². The minimum atomic E-state index is -0.632. The largest absolute Gasteiger partial charge is 0.386 e. The molecule has 1 rings (SSSR count). The van der Waals surface area contributed by atoms with E-state index in [1.54, 1.807) is 13.2 Å². The molecule has 1 atom stereocenters. The molecular formula is C16H28ClN3O3S. The van der Waals surface area contributed by atoms with Gasteiger partial charge in [0.2, 0.25) is 0 Å². The molecule has 8 heteroatoms. The van der Waals surface area contributed by atoms with Gasteiger partial charge >= 0.3 is 0 Å². The first-order chi connectivity index (χ1) is 11.7. The fraction of sp³-hybridized carbons (Fsp3) is 0.688. The predicted molar refractivity (Wildman–Crippen MR) is 100 cm³/mol. The molecule has 0 spiro atoms. The molecule has 6 nitrogen and oxygen atoms in total. The number of hydrogen-bond acceptors (Lipinski definition) is 5. The molecule has 0 fully saturated rings. The van der Waals surface area contributed by atoms with Crippen LogP contribution in [0.15, 0.2) is 17.1 Å². The van der Waals surface area contributed by atoms with Gasteiger partial charge in [-0.15, -0.1) is 11.3 Å². The van der Waals surface area contributed by atoms with Crippen molar-refractivity contribution in [3.05, 3.63) is 21.3 Å². The third kappa shape index (κ3) is 9.44. The third-order valence-corrected chi connectivity index (χ3v) is 4.46. The summed E-state index contributed by atoms with van der Waals surface area (Å²) in [6.45, 7) is 5.89. The van der Waals surface area contributed by atoms with E-state index in [0.717, 1.165) is 37.4 Å². The number of methoxy groups -OCH3 is 1. The number of nitrogens with zero attached hydrogens (tertiary/aromatic N) is 1. The van der Waals surface area contributed by atoms with Crippen LogP contribution in [0.3, 0.4) is 0 Å². The Morgan fingerprint density at radius 1 is 1.29 bits per heavy atom. The Bertz CT molecular complexity index is 471. The highest BCUT2D eigenvalue weighted by Crippen LogP contribution is 2.26. The molecule has 0 saturated heterocycles. The first-order valence-corrected chi connectivity index (χ1v) is 9.39. The molecule has 1 heterocycles. The maximum absolute atomic E-state index is 10.1. The Kier molecular flexibility index (Phi) is 11.9. The maximum Gasteiger partial charge on any atom is 0.191 e. The number of aliphatic imine (C=N–C) groups is 1. The lowest BCUT2D eigenvalue weighted by Gasteiger charge is -2.12. The normalized spacial score (nSPS) is 13.1. The van der Waals surface area contributed by atoms with Crippen LogP contribution in [0.4, 0.5) is 0 Å². The topological polar surface area (TPSA) is 75.1 Å². The Balaban J connectivity index is 2.24. The van der Waals surface area contributed by atoms with E-state index in [-0.39, 0.29) is 0 Å². The van der Waals surface area contributed by atoms with Gasteiger partial charge in [-0.25, -0.2) is 0 Å². The summed E-state index contributed by atoms with van der Waals surface area (Å²) in [6, 6.07) is 3.61. The quantitative estimate of drug-likeness (QED) is 0.296. The van der Waals surface area contributed by atoms with E-state index in [4.69, 9.17) is 21.1 Å². The second-order valence-electron chi connectivity index (χ2n) is 5.12. The summed E-state index contributed by atoms with van der Waals surface area (Å²) in [5, 5.41) is 16.6. The summed E-state index contributed by atoms with van der Waals surface area (Å²) in [7, 11) is 1.67. The van der Waals surface area contributed by atoms with E-state index in [1.165, 1.54) is 11.3 Å². The minimum Gasteiger partial charge on any atom is -0.386 e. The summed E-state index contributed by atoms with van der Waals surface area (Å²) in [5.41, 5.74) is 0. The summed E-state index contributed by atoms with van der Waals surface area (Å²) in [5.74, 6) is 0.708. The van der Waals surface area contributed by atoms with Crippen LogP contribution in [-0.2, 0) is 9.47 Å². The van der Waals surface area contributed by atoms with E-state index in [9.17, 15) is 5.11 Å². The van der Waals surface area contributed by atoms with Crippen LogP contribution in [-0.4, -0.2) is 57.6 Å². The Hall–Kier alpha value is -0.860. The molecule has 0 bridgehead atoms. The average molecular weight is 378 g/mol. The van der Waals surface area contributed by atoms with Gasteiger partial charge in [0.1, 0.15) is 6.10 Å². The standard InChI is InChI=1S/C16H28ClN3O3S/c1-3-18-16(19-8-4-5-9-23-11-10-22-2)20-12-13(21)14-6-7-15(17)24-14/h6-7,13,21H,3-5,8-12H2,1-2H3,(H2,18,19,20). The van der Waals surface area contributed by atoms with Gasteiger partial charge in [-0.3, -0.25) is 4.99 Å². The van der Waals surface area contributed by atoms with Crippen molar-refractivity contribution in [2.75, 3.05) is 46.6 Å². The van der Waals surface area contributed by atoms with Crippen molar-refractivity contribution in [2.45, 2.75) is 25.9 Å². The van der Waals surface area contributed by atoms with Crippen LogP contribution in [0.2, 0.25) is 4.34 Å². The molecule has 138 valence electrons. The number of halogens is 1. The number of ether oxygens (including phenoxy) is 2. The lowest BCUT2D eigenvalue weighted by Crippen LogP contribution is -2.38. The summed E-state index contributed by atoms with van der Waals surface area (Å²) >= 11 is 7.26. The van der Waals surface area contributed by atoms with E-state index < -0.39 is 6.10 Å². The third-order valence-electron chi connectivity index (χ3n) is 3.13. The highest BCUT2D eigenvalue weighted by atomic mass is 35.5. The van der Waals surface area contributed by atoms with Crippen molar-refractivity contribution in [2.24, 2.45) is 4.99 Å². The first-order valence-electron chi connectivity index (χ1n) is 8.19. The number of hydrogen-bond donors (Lipinski definition) is 3. The minimum absolute atomic E-state index is 0.298. The van der Waals surface area contributed by atoms with Gasteiger partial charge in [-0.2, -0.15) is 0 Å². The second kappa shape index (κ2) is 13.4. The monoisotopic (exact) mass is 377 g/mol. The molecule has 0 amide bonds. The van der Waals surface area contributed by atoms with Crippen LogP contribution in [0.25, 0.3) is 0 Å². The fourth-order valence-electron chi connectivity index (χ4n) is 1.90. The summed E-state index contributed by atoms with van der Waals surface area (Å²) in [4.78, 5) is 5.24. The summed E-state index contributed by atoms with van der Waals surface area (Å²) in [6.07, 6.45) is 1.33. The van der Waals surface area contributed by atoms with E-state index in [1.807, 2.05) is 13.0 Å². The molecule has 1 unspecified atom stereocenters. The molecule has 1 aromatic rings. The zero-order valence-corrected chi connectivity index (χ0v) is 16.0. The smallest absolute Gasteiger partial charge is 0.191 e. The van der Waals surface area contributed by atoms with Gasteiger partial charge in [0.25, 0.3) is 0 Å². The lowest BCUT2D eigenvalue weighted by molar-refractivity contribution is 0.0689. The maximum atomic E-state index is 10.1. The van der Waals surface area contributed by atoms with E-state index in [2.05, 4.69) is 15.6 Å². The number of guanidine groups is 1. The fourth-order valence-corrected chi connectivity index (χ4v) is 2.94. The molecule has 0 aliphatic rings. The molecular weight excluding hydrogens is 350 g/mol.